The van der Waals surface area contributed by atoms with Gasteiger partial charge in [-0.15, -0.1) is 0 Å². The maximum absolute atomic E-state index is 12.2. The van der Waals surface area contributed by atoms with Crippen LogP contribution in [0.25, 0.3) is 0 Å². The summed E-state index contributed by atoms with van der Waals surface area (Å²) in [7, 11) is 3.21. The van der Waals surface area contributed by atoms with E-state index in [2.05, 4.69) is 36.3 Å². The van der Waals surface area contributed by atoms with Gasteiger partial charge in [0.2, 0.25) is 0 Å². The largest absolute Gasteiger partial charge is 0.493 e. The maximum Gasteiger partial charge on any atom is 0.315 e. The van der Waals surface area contributed by atoms with Crippen LogP contribution in [0, 0.1) is 5.92 Å². The van der Waals surface area contributed by atoms with Crippen molar-refractivity contribution in [2.45, 2.75) is 52.1 Å². The van der Waals surface area contributed by atoms with Crippen molar-refractivity contribution in [3.8, 4) is 11.5 Å². The summed E-state index contributed by atoms with van der Waals surface area (Å²) < 4.78 is 10.5. The first-order chi connectivity index (χ1) is 12.9. The highest BCUT2D eigenvalue weighted by Crippen LogP contribution is 2.27. The number of amides is 2. The van der Waals surface area contributed by atoms with E-state index in [0.717, 1.165) is 24.6 Å². The summed E-state index contributed by atoms with van der Waals surface area (Å²) in [6.45, 7) is 9.98. The Hall–Kier alpha value is -1.95. The van der Waals surface area contributed by atoms with Crippen molar-refractivity contribution in [1.82, 2.24) is 15.5 Å². The average Bonchev–Trinajstić information content (AvgIpc) is 2.70. The molecule has 6 heteroatoms. The molecule has 0 aliphatic carbocycles. The fraction of sp³-hybridized carbons (Fsp3) is 0.667. The number of benzene rings is 1. The molecule has 1 aromatic carbocycles. The zero-order valence-corrected chi connectivity index (χ0v) is 17.4. The van der Waals surface area contributed by atoms with Crippen LogP contribution in [0.1, 0.15) is 45.6 Å². The van der Waals surface area contributed by atoms with E-state index in [0.29, 0.717) is 24.6 Å². The number of piperidine rings is 1. The van der Waals surface area contributed by atoms with E-state index in [9.17, 15) is 4.79 Å². The van der Waals surface area contributed by atoms with Gasteiger partial charge in [0.15, 0.2) is 11.5 Å². The van der Waals surface area contributed by atoms with Gasteiger partial charge in [0.25, 0.3) is 0 Å². The molecule has 6 nitrogen and oxygen atoms in total. The van der Waals surface area contributed by atoms with Crippen molar-refractivity contribution in [3.63, 3.8) is 0 Å². The number of nitrogens with zero attached hydrogens (tertiary/aromatic N) is 1. The van der Waals surface area contributed by atoms with Crippen molar-refractivity contribution in [3.05, 3.63) is 23.8 Å². The molecule has 1 heterocycles. The first kappa shape index (κ1) is 21.4. The average molecular weight is 378 g/mol. The fourth-order valence-corrected chi connectivity index (χ4v) is 3.59. The Kier molecular flexibility index (Phi) is 7.78. The van der Waals surface area contributed by atoms with E-state index < -0.39 is 0 Å². The molecule has 2 N–H and O–H groups in total. The van der Waals surface area contributed by atoms with Crippen LogP contribution in [-0.4, -0.2) is 50.3 Å². The molecule has 1 aromatic rings. The van der Waals surface area contributed by atoms with Crippen LogP contribution in [0.15, 0.2) is 18.2 Å². The van der Waals surface area contributed by atoms with Gasteiger partial charge >= 0.3 is 6.03 Å². The lowest BCUT2D eigenvalue weighted by Crippen LogP contribution is -2.55. The molecule has 1 aliphatic rings. The number of rotatable bonds is 8. The Morgan fingerprint density at radius 2 is 1.96 bits per heavy atom. The number of carbonyl (C=O) groups is 1. The lowest BCUT2D eigenvalue weighted by molar-refractivity contribution is 0.0665. The number of likely N-dealkylation sites (tertiary alicyclic amines) is 1. The van der Waals surface area contributed by atoms with Crippen molar-refractivity contribution in [1.29, 1.82) is 0 Å². The molecule has 0 radical (unpaired) electrons. The summed E-state index contributed by atoms with van der Waals surface area (Å²) >= 11 is 0. The molecule has 1 saturated heterocycles. The van der Waals surface area contributed by atoms with Crippen LogP contribution in [0.4, 0.5) is 4.79 Å². The highest BCUT2D eigenvalue weighted by molar-refractivity contribution is 5.73. The second kappa shape index (κ2) is 9.83. The lowest BCUT2D eigenvalue weighted by atomic mass is 9.91. The van der Waals surface area contributed by atoms with Gasteiger partial charge in [-0.25, -0.2) is 4.79 Å². The molecule has 2 rings (SSSR count). The minimum absolute atomic E-state index is 0.0471. The van der Waals surface area contributed by atoms with E-state index in [1.807, 2.05) is 18.2 Å². The number of nitrogens with one attached hydrogen (secondary N) is 2. The fourth-order valence-electron chi connectivity index (χ4n) is 3.59. The van der Waals surface area contributed by atoms with Crippen molar-refractivity contribution in [2.24, 2.45) is 5.92 Å². The van der Waals surface area contributed by atoms with Gasteiger partial charge in [-0.2, -0.15) is 0 Å². The predicted molar refractivity (Wildman–Crippen MR) is 108 cm³/mol. The molecule has 1 aliphatic heterocycles. The Balaban J connectivity index is 1.81. The second-order valence-corrected chi connectivity index (χ2v) is 7.90. The van der Waals surface area contributed by atoms with Crippen LogP contribution in [0.5, 0.6) is 11.5 Å². The third-order valence-electron chi connectivity index (χ3n) is 5.53. The minimum atomic E-state index is -0.151. The van der Waals surface area contributed by atoms with Gasteiger partial charge in [-0.1, -0.05) is 19.4 Å². The predicted octanol–water partition coefficient (Wildman–Crippen LogP) is 3.40. The summed E-state index contributed by atoms with van der Waals surface area (Å²) in [6, 6.07) is 5.49. The first-order valence-electron chi connectivity index (χ1n) is 9.87. The molecule has 1 fully saturated rings. The van der Waals surface area contributed by atoms with Crippen LogP contribution >= 0.6 is 0 Å². The number of ether oxygens (including phenoxy) is 2. The van der Waals surface area contributed by atoms with Crippen molar-refractivity contribution < 1.29 is 14.3 Å². The van der Waals surface area contributed by atoms with Gasteiger partial charge < -0.3 is 20.1 Å². The smallest absolute Gasteiger partial charge is 0.315 e. The molecular weight excluding hydrogens is 342 g/mol. The van der Waals surface area contributed by atoms with Crippen molar-refractivity contribution in [2.75, 3.05) is 33.9 Å². The quantitative estimate of drug-likeness (QED) is 0.729. The molecule has 27 heavy (non-hydrogen) atoms. The van der Waals surface area contributed by atoms with Crippen LogP contribution < -0.4 is 20.1 Å². The van der Waals surface area contributed by atoms with Crippen LogP contribution in [-0.2, 0) is 6.54 Å². The van der Waals surface area contributed by atoms with E-state index in [1.54, 1.807) is 14.2 Å². The summed E-state index contributed by atoms with van der Waals surface area (Å²) in [5.74, 6) is 2.12. The van der Waals surface area contributed by atoms with Crippen LogP contribution in [0.2, 0.25) is 0 Å². The molecule has 0 spiro atoms. The Labute approximate surface area is 163 Å². The standard InChI is InChI=1S/C21H35N3O3/c1-6-16-8-7-11-24(14-16)21(2,3)15-23-20(25)22-13-17-9-10-18(26-4)19(12-17)27-5/h9-10,12,16H,6-8,11,13-15H2,1-5H3,(H2,22,23,25)/t16-/m0/s1. The van der Waals surface area contributed by atoms with E-state index in [-0.39, 0.29) is 11.6 Å². The van der Waals surface area contributed by atoms with E-state index in [4.69, 9.17) is 9.47 Å². The van der Waals surface area contributed by atoms with Crippen molar-refractivity contribution >= 4 is 6.03 Å². The topological polar surface area (TPSA) is 62.8 Å². The summed E-state index contributed by atoms with van der Waals surface area (Å²) in [5, 5.41) is 5.95. The van der Waals surface area contributed by atoms with Gasteiger partial charge in [0, 0.05) is 25.2 Å². The highest BCUT2D eigenvalue weighted by atomic mass is 16.5. The molecular formula is C21H35N3O3. The zero-order chi connectivity index (χ0) is 19.9. The second-order valence-electron chi connectivity index (χ2n) is 7.90. The van der Waals surface area contributed by atoms with E-state index in [1.165, 1.54) is 19.3 Å². The molecule has 0 bridgehead atoms. The van der Waals surface area contributed by atoms with Gasteiger partial charge in [-0.05, 0) is 56.8 Å². The zero-order valence-electron chi connectivity index (χ0n) is 17.4. The summed E-state index contributed by atoms with van der Waals surface area (Å²) in [4.78, 5) is 14.8. The normalized spacial score (nSPS) is 18.0. The molecule has 2 amide bonds. The lowest BCUT2D eigenvalue weighted by Gasteiger charge is -2.43. The Morgan fingerprint density at radius 3 is 2.63 bits per heavy atom. The number of hydrogen-bond acceptors (Lipinski definition) is 4. The van der Waals surface area contributed by atoms with E-state index >= 15 is 0 Å². The number of methoxy groups -OCH3 is 2. The molecule has 1 atom stereocenters. The number of urea groups is 1. The summed E-state index contributed by atoms with van der Waals surface area (Å²) in [6.07, 6.45) is 3.79. The maximum atomic E-state index is 12.2. The molecule has 0 saturated carbocycles. The third kappa shape index (κ3) is 6.03. The Bertz CT molecular complexity index is 619. The summed E-state index contributed by atoms with van der Waals surface area (Å²) in [5.41, 5.74) is 0.915. The van der Waals surface area contributed by atoms with Gasteiger partial charge in [-0.3, -0.25) is 4.90 Å². The number of hydrogen-bond donors (Lipinski definition) is 2. The molecule has 0 unspecified atom stereocenters. The van der Waals surface area contributed by atoms with Gasteiger partial charge in [0.1, 0.15) is 0 Å². The SMILES string of the molecule is CC[C@H]1CCCN(C(C)(C)CNC(=O)NCc2ccc(OC)c(OC)c2)C1. The minimum Gasteiger partial charge on any atom is -0.493 e. The van der Waals surface area contributed by atoms with Crippen LogP contribution in [0.3, 0.4) is 0 Å². The van der Waals surface area contributed by atoms with Gasteiger partial charge in [0.05, 0.1) is 14.2 Å². The number of carbonyl (C=O) groups excluding carboxylic acids is 1. The Morgan fingerprint density at radius 1 is 1.22 bits per heavy atom. The molecule has 0 aromatic heterocycles. The highest BCUT2D eigenvalue weighted by Gasteiger charge is 2.31. The molecule has 152 valence electrons. The third-order valence-corrected chi connectivity index (χ3v) is 5.53. The monoisotopic (exact) mass is 377 g/mol. The first-order valence-corrected chi connectivity index (χ1v) is 9.87.